The van der Waals surface area contributed by atoms with Crippen molar-refractivity contribution in [2.45, 2.75) is 51.1 Å². The first-order chi connectivity index (χ1) is 9.75. The van der Waals surface area contributed by atoms with Gasteiger partial charge in [0.1, 0.15) is 5.82 Å². The Kier molecular flexibility index (Phi) is 6.48. The van der Waals surface area contributed by atoms with Crippen molar-refractivity contribution in [3.05, 3.63) is 35.6 Å². The number of rotatable bonds is 10. The number of hydrogen-bond donors (Lipinski definition) is 1. The Morgan fingerprint density at radius 1 is 1.15 bits per heavy atom. The summed E-state index contributed by atoms with van der Waals surface area (Å²) >= 11 is 0. The summed E-state index contributed by atoms with van der Waals surface area (Å²) in [7, 11) is 2.07. The van der Waals surface area contributed by atoms with Gasteiger partial charge in [0.15, 0.2) is 0 Å². The van der Waals surface area contributed by atoms with Gasteiger partial charge in [-0.15, -0.1) is 0 Å². The van der Waals surface area contributed by atoms with Crippen LogP contribution in [-0.4, -0.2) is 31.1 Å². The van der Waals surface area contributed by atoms with Crippen LogP contribution in [0.25, 0.3) is 0 Å². The van der Waals surface area contributed by atoms with Crippen LogP contribution in [0.15, 0.2) is 24.3 Å². The fraction of sp³-hybridized carbons (Fsp3) is 0.647. The molecular formula is C17H27FN2. The maximum absolute atomic E-state index is 13.5. The summed E-state index contributed by atoms with van der Waals surface area (Å²) in [6.07, 6.45) is 7.81. The quantitative estimate of drug-likeness (QED) is 0.658. The van der Waals surface area contributed by atoms with E-state index in [4.69, 9.17) is 0 Å². The summed E-state index contributed by atoms with van der Waals surface area (Å²) in [5, 5.41) is 3.54. The molecule has 1 N–H and O–H groups in total. The average molecular weight is 278 g/mol. The normalized spacial score (nSPS) is 14.9. The van der Waals surface area contributed by atoms with Crippen molar-refractivity contribution < 1.29 is 4.39 Å². The molecule has 1 aromatic carbocycles. The van der Waals surface area contributed by atoms with Crippen LogP contribution in [0.5, 0.6) is 0 Å². The third-order valence-electron chi connectivity index (χ3n) is 3.88. The molecule has 0 aromatic heterocycles. The first kappa shape index (κ1) is 15.5. The topological polar surface area (TPSA) is 15.3 Å². The van der Waals surface area contributed by atoms with Gasteiger partial charge in [0, 0.05) is 18.2 Å². The fourth-order valence-electron chi connectivity index (χ4n) is 2.45. The summed E-state index contributed by atoms with van der Waals surface area (Å²) in [6, 6.07) is 7.89. The van der Waals surface area contributed by atoms with Crippen molar-refractivity contribution >= 4 is 0 Å². The zero-order chi connectivity index (χ0) is 14.2. The molecule has 1 saturated carbocycles. The molecule has 0 atom stereocenters. The number of nitrogens with one attached hydrogen (secondary N) is 1. The molecule has 112 valence electrons. The molecule has 0 spiro atoms. The SMILES string of the molecule is CN(CCCCCCNC1CC1)Cc1ccccc1F. The lowest BCUT2D eigenvalue weighted by Gasteiger charge is -2.17. The Morgan fingerprint density at radius 3 is 2.65 bits per heavy atom. The third kappa shape index (κ3) is 6.02. The van der Waals surface area contributed by atoms with Crippen molar-refractivity contribution in [3.63, 3.8) is 0 Å². The van der Waals surface area contributed by atoms with Gasteiger partial charge in [0.2, 0.25) is 0 Å². The van der Waals surface area contributed by atoms with Crippen LogP contribution < -0.4 is 5.32 Å². The van der Waals surface area contributed by atoms with E-state index in [1.807, 2.05) is 12.1 Å². The molecule has 2 nitrogen and oxygen atoms in total. The van der Waals surface area contributed by atoms with Crippen molar-refractivity contribution in [1.29, 1.82) is 0 Å². The van der Waals surface area contributed by atoms with Gasteiger partial charge in [-0.1, -0.05) is 31.0 Å². The highest BCUT2D eigenvalue weighted by atomic mass is 19.1. The van der Waals surface area contributed by atoms with E-state index in [-0.39, 0.29) is 5.82 Å². The minimum absolute atomic E-state index is 0.0921. The van der Waals surface area contributed by atoms with Crippen molar-refractivity contribution in [2.75, 3.05) is 20.1 Å². The smallest absolute Gasteiger partial charge is 0.127 e. The first-order valence-electron chi connectivity index (χ1n) is 7.91. The van der Waals surface area contributed by atoms with Gasteiger partial charge >= 0.3 is 0 Å². The number of nitrogens with zero attached hydrogens (tertiary/aromatic N) is 1. The van der Waals surface area contributed by atoms with Gasteiger partial charge in [0.05, 0.1) is 0 Å². The summed E-state index contributed by atoms with van der Waals surface area (Å²) in [5.74, 6) is -0.0921. The molecule has 1 aliphatic rings. The summed E-state index contributed by atoms with van der Waals surface area (Å²) in [5.41, 5.74) is 0.795. The van der Waals surface area contributed by atoms with E-state index in [1.54, 1.807) is 6.07 Å². The van der Waals surface area contributed by atoms with Crippen LogP contribution >= 0.6 is 0 Å². The van der Waals surface area contributed by atoms with Gasteiger partial charge in [-0.3, -0.25) is 0 Å². The second kappa shape index (κ2) is 8.38. The lowest BCUT2D eigenvalue weighted by molar-refractivity contribution is 0.311. The molecule has 20 heavy (non-hydrogen) atoms. The minimum Gasteiger partial charge on any atom is -0.314 e. The summed E-state index contributed by atoms with van der Waals surface area (Å²) < 4.78 is 13.5. The van der Waals surface area contributed by atoms with Crippen LogP contribution in [0, 0.1) is 5.82 Å². The molecule has 1 fully saturated rings. The van der Waals surface area contributed by atoms with Crippen LogP contribution in [-0.2, 0) is 6.54 Å². The highest BCUT2D eigenvalue weighted by Gasteiger charge is 2.19. The van der Waals surface area contributed by atoms with Crippen LogP contribution in [0.3, 0.4) is 0 Å². The van der Waals surface area contributed by atoms with Gasteiger partial charge in [-0.05, 0) is 51.9 Å². The average Bonchev–Trinajstić information content (AvgIpc) is 3.24. The van der Waals surface area contributed by atoms with Crippen LogP contribution in [0.4, 0.5) is 4.39 Å². The van der Waals surface area contributed by atoms with Crippen molar-refractivity contribution in [2.24, 2.45) is 0 Å². The predicted molar refractivity (Wildman–Crippen MR) is 82.2 cm³/mol. The fourth-order valence-corrected chi connectivity index (χ4v) is 2.45. The number of hydrogen-bond acceptors (Lipinski definition) is 2. The molecule has 0 aliphatic heterocycles. The lowest BCUT2D eigenvalue weighted by atomic mass is 10.1. The maximum atomic E-state index is 13.5. The molecule has 0 amide bonds. The first-order valence-corrected chi connectivity index (χ1v) is 7.91. The van der Waals surface area contributed by atoms with Gasteiger partial charge in [0.25, 0.3) is 0 Å². The molecular weight excluding hydrogens is 251 g/mol. The minimum atomic E-state index is -0.0921. The third-order valence-corrected chi connectivity index (χ3v) is 3.88. The van der Waals surface area contributed by atoms with Crippen molar-refractivity contribution in [3.8, 4) is 0 Å². The lowest BCUT2D eigenvalue weighted by Crippen LogP contribution is -2.20. The molecule has 0 heterocycles. The number of halogens is 1. The van der Waals surface area contributed by atoms with E-state index in [1.165, 1.54) is 51.1 Å². The molecule has 0 bridgehead atoms. The second-order valence-corrected chi connectivity index (χ2v) is 5.97. The molecule has 1 aromatic rings. The highest BCUT2D eigenvalue weighted by molar-refractivity contribution is 5.16. The maximum Gasteiger partial charge on any atom is 0.127 e. The van der Waals surface area contributed by atoms with Gasteiger partial charge in [-0.2, -0.15) is 0 Å². The molecule has 3 heteroatoms. The highest BCUT2D eigenvalue weighted by Crippen LogP contribution is 2.18. The molecule has 2 rings (SSSR count). The standard InChI is InChI=1S/C17H27FN2/c1-20(14-15-8-4-5-9-17(15)18)13-7-3-2-6-12-19-16-10-11-16/h4-5,8-9,16,19H,2-3,6-7,10-14H2,1H3. The Bertz CT molecular complexity index is 390. The van der Waals surface area contributed by atoms with Crippen LogP contribution in [0.2, 0.25) is 0 Å². The summed E-state index contributed by atoms with van der Waals surface area (Å²) in [6.45, 7) is 2.93. The number of benzene rings is 1. The molecule has 0 radical (unpaired) electrons. The molecule has 1 aliphatic carbocycles. The number of unbranched alkanes of at least 4 members (excludes halogenated alkanes) is 3. The van der Waals surface area contributed by atoms with E-state index in [0.29, 0.717) is 6.54 Å². The largest absolute Gasteiger partial charge is 0.314 e. The van der Waals surface area contributed by atoms with E-state index in [2.05, 4.69) is 17.3 Å². The Hall–Kier alpha value is -0.930. The van der Waals surface area contributed by atoms with E-state index >= 15 is 0 Å². The zero-order valence-electron chi connectivity index (χ0n) is 12.6. The molecule has 0 unspecified atom stereocenters. The van der Waals surface area contributed by atoms with Gasteiger partial charge in [-0.25, -0.2) is 4.39 Å². The Balaban J connectivity index is 1.49. The predicted octanol–water partition coefficient (Wildman–Crippen LogP) is 3.57. The molecule has 0 saturated heterocycles. The van der Waals surface area contributed by atoms with Gasteiger partial charge < -0.3 is 10.2 Å². The van der Waals surface area contributed by atoms with Crippen molar-refractivity contribution in [1.82, 2.24) is 10.2 Å². The van der Waals surface area contributed by atoms with E-state index in [0.717, 1.165) is 18.2 Å². The zero-order valence-corrected chi connectivity index (χ0v) is 12.6. The Morgan fingerprint density at radius 2 is 1.90 bits per heavy atom. The Labute approximate surface area is 122 Å². The van der Waals surface area contributed by atoms with E-state index < -0.39 is 0 Å². The second-order valence-electron chi connectivity index (χ2n) is 5.97. The van der Waals surface area contributed by atoms with E-state index in [9.17, 15) is 4.39 Å². The summed E-state index contributed by atoms with van der Waals surface area (Å²) in [4.78, 5) is 2.21. The monoisotopic (exact) mass is 278 g/mol. The van der Waals surface area contributed by atoms with Crippen LogP contribution in [0.1, 0.15) is 44.1 Å².